The van der Waals surface area contributed by atoms with Crippen molar-refractivity contribution in [2.75, 3.05) is 38.8 Å². The first-order valence-electron chi connectivity index (χ1n) is 5.83. The molecule has 1 amide bonds. The fourth-order valence-corrected chi connectivity index (χ4v) is 3.11. The quantitative estimate of drug-likeness (QED) is 0.828. The Morgan fingerprint density at radius 1 is 1.65 bits per heavy atom. The van der Waals surface area contributed by atoms with Gasteiger partial charge >= 0.3 is 0 Å². The molecule has 0 radical (unpaired) electrons. The minimum absolute atomic E-state index is 0.00912. The van der Waals surface area contributed by atoms with Crippen molar-refractivity contribution in [2.24, 2.45) is 0 Å². The number of thiophene rings is 1. The molecule has 0 saturated carbocycles. The minimum atomic E-state index is 0.00912. The van der Waals surface area contributed by atoms with E-state index >= 15 is 0 Å². The summed E-state index contributed by atoms with van der Waals surface area (Å²) in [5.41, 5.74) is 1.31. The summed E-state index contributed by atoms with van der Waals surface area (Å²) in [6, 6.07) is 2.03. The minimum Gasteiger partial charge on any atom is -0.383 e. The first-order chi connectivity index (χ1) is 8.22. The van der Waals surface area contributed by atoms with Gasteiger partial charge in [-0.15, -0.1) is 11.3 Å². The maximum Gasteiger partial charge on any atom is 0.261 e. The van der Waals surface area contributed by atoms with E-state index in [0.29, 0.717) is 13.2 Å². The Morgan fingerprint density at radius 3 is 3.18 bits per heavy atom. The zero-order valence-corrected chi connectivity index (χ0v) is 11.1. The highest BCUT2D eigenvalue weighted by Crippen LogP contribution is 2.34. The molecule has 0 spiro atoms. The van der Waals surface area contributed by atoms with E-state index in [0.717, 1.165) is 17.8 Å². The summed E-state index contributed by atoms with van der Waals surface area (Å²) >= 11 is 1.58. The number of carbonyl (C=O) groups excluding carboxylic acids is 1. The average Bonchev–Trinajstić information content (AvgIpc) is 2.75. The van der Waals surface area contributed by atoms with E-state index in [2.05, 4.69) is 17.3 Å². The molecular weight excluding hydrogens is 236 g/mol. The third-order valence-electron chi connectivity index (χ3n) is 2.89. The lowest BCUT2D eigenvalue weighted by molar-refractivity contribution is 0.0941. The number of hydrogen-bond donors (Lipinski definition) is 1. The summed E-state index contributed by atoms with van der Waals surface area (Å²) in [6.07, 6.45) is 2.26. The third-order valence-corrected chi connectivity index (χ3v) is 4.18. The van der Waals surface area contributed by atoms with Crippen LogP contribution in [0, 0.1) is 0 Å². The largest absolute Gasteiger partial charge is 0.383 e. The monoisotopic (exact) mass is 254 g/mol. The van der Waals surface area contributed by atoms with Gasteiger partial charge in [0.05, 0.1) is 16.5 Å². The van der Waals surface area contributed by atoms with Gasteiger partial charge < -0.3 is 15.0 Å². The van der Waals surface area contributed by atoms with Gasteiger partial charge in [-0.1, -0.05) is 0 Å². The highest BCUT2D eigenvalue weighted by atomic mass is 32.1. The zero-order chi connectivity index (χ0) is 12.3. The maximum atomic E-state index is 11.9. The number of fused-ring (bicyclic) bond motifs is 1. The van der Waals surface area contributed by atoms with Crippen LogP contribution in [0.25, 0.3) is 0 Å². The fourth-order valence-electron chi connectivity index (χ4n) is 2.00. The molecule has 2 heterocycles. The Morgan fingerprint density at radius 2 is 2.47 bits per heavy atom. The molecule has 0 atom stereocenters. The van der Waals surface area contributed by atoms with Crippen LogP contribution in [0.2, 0.25) is 0 Å². The molecule has 94 valence electrons. The molecule has 2 rings (SSSR count). The second kappa shape index (κ2) is 5.51. The number of amides is 1. The first-order valence-corrected chi connectivity index (χ1v) is 6.65. The third kappa shape index (κ3) is 2.79. The molecule has 4 nitrogen and oxygen atoms in total. The van der Waals surface area contributed by atoms with Crippen molar-refractivity contribution in [3.05, 3.63) is 16.5 Å². The van der Waals surface area contributed by atoms with E-state index in [9.17, 15) is 4.79 Å². The molecule has 0 aliphatic carbocycles. The van der Waals surface area contributed by atoms with Gasteiger partial charge in [-0.3, -0.25) is 4.79 Å². The Balaban J connectivity index is 2.04. The van der Waals surface area contributed by atoms with Crippen molar-refractivity contribution in [3.63, 3.8) is 0 Å². The molecule has 0 fully saturated rings. The van der Waals surface area contributed by atoms with Gasteiger partial charge in [-0.2, -0.15) is 0 Å². The van der Waals surface area contributed by atoms with Gasteiger partial charge in [-0.05, 0) is 24.5 Å². The van der Waals surface area contributed by atoms with Crippen LogP contribution in [0.3, 0.4) is 0 Å². The standard InChI is InChI=1S/C12H18N2O2S/c1-14-6-3-4-9-8-10(17-12(9)14)11(15)13-5-7-16-2/h8H,3-7H2,1-2H3,(H,13,15). The Kier molecular flexibility index (Phi) is 4.02. The molecule has 17 heavy (non-hydrogen) atoms. The van der Waals surface area contributed by atoms with E-state index in [1.807, 2.05) is 6.07 Å². The molecule has 1 aliphatic rings. The SMILES string of the molecule is COCCNC(=O)c1cc2c(s1)N(C)CCC2. The maximum absolute atomic E-state index is 11.9. The van der Waals surface area contributed by atoms with Crippen LogP contribution in [-0.4, -0.2) is 39.8 Å². The van der Waals surface area contributed by atoms with Crippen molar-refractivity contribution in [1.29, 1.82) is 0 Å². The lowest BCUT2D eigenvalue weighted by Gasteiger charge is -2.23. The summed E-state index contributed by atoms with van der Waals surface area (Å²) in [6.45, 7) is 2.20. The zero-order valence-electron chi connectivity index (χ0n) is 10.3. The van der Waals surface area contributed by atoms with Gasteiger partial charge in [0, 0.05) is 27.2 Å². The van der Waals surface area contributed by atoms with E-state index in [4.69, 9.17) is 4.74 Å². The number of carbonyl (C=O) groups is 1. The summed E-state index contributed by atoms with van der Waals surface area (Å²) < 4.78 is 4.91. The molecule has 0 bridgehead atoms. The number of methoxy groups -OCH3 is 1. The topological polar surface area (TPSA) is 41.6 Å². The van der Waals surface area contributed by atoms with Gasteiger partial charge in [0.1, 0.15) is 0 Å². The van der Waals surface area contributed by atoms with Crippen molar-refractivity contribution >= 4 is 22.2 Å². The second-order valence-electron chi connectivity index (χ2n) is 4.21. The Hall–Kier alpha value is -1.07. The smallest absolute Gasteiger partial charge is 0.261 e. The van der Waals surface area contributed by atoms with E-state index in [-0.39, 0.29) is 5.91 Å². The van der Waals surface area contributed by atoms with Gasteiger partial charge in [0.25, 0.3) is 5.91 Å². The molecule has 5 heteroatoms. The van der Waals surface area contributed by atoms with Crippen LogP contribution in [0.5, 0.6) is 0 Å². The van der Waals surface area contributed by atoms with Crippen LogP contribution in [0.4, 0.5) is 5.00 Å². The van der Waals surface area contributed by atoms with E-state index in [1.54, 1.807) is 18.4 Å². The van der Waals surface area contributed by atoms with Crippen LogP contribution in [0.15, 0.2) is 6.07 Å². The predicted molar refractivity (Wildman–Crippen MR) is 70.1 cm³/mol. The summed E-state index contributed by atoms with van der Waals surface area (Å²) in [7, 11) is 3.71. The molecule has 1 aromatic heterocycles. The Labute approximate surface area is 106 Å². The van der Waals surface area contributed by atoms with E-state index in [1.165, 1.54) is 17.0 Å². The Bertz CT molecular complexity index is 403. The second-order valence-corrected chi connectivity index (χ2v) is 5.25. The van der Waals surface area contributed by atoms with Crippen LogP contribution in [-0.2, 0) is 11.2 Å². The number of aryl methyl sites for hydroxylation is 1. The normalized spacial score (nSPS) is 14.6. The number of rotatable bonds is 4. The van der Waals surface area contributed by atoms with Gasteiger partial charge in [-0.25, -0.2) is 0 Å². The molecule has 1 aromatic rings. The predicted octanol–water partition coefficient (Wildman–Crippen LogP) is 1.51. The highest BCUT2D eigenvalue weighted by molar-refractivity contribution is 7.18. The van der Waals surface area contributed by atoms with Crippen LogP contribution >= 0.6 is 11.3 Å². The number of nitrogens with one attached hydrogen (secondary N) is 1. The summed E-state index contributed by atoms with van der Waals surface area (Å²) in [5, 5.41) is 4.10. The number of hydrogen-bond acceptors (Lipinski definition) is 4. The highest BCUT2D eigenvalue weighted by Gasteiger charge is 2.19. The summed E-state index contributed by atoms with van der Waals surface area (Å²) in [5.74, 6) is 0.00912. The molecule has 0 saturated heterocycles. The molecule has 1 aliphatic heterocycles. The number of anilines is 1. The summed E-state index contributed by atoms with van der Waals surface area (Å²) in [4.78, 5) is 14.9. The molecular formula is C12H18N2O2S. The lowest BCUT2D eigenvalue weighted by atomic mass is 10.1. The van der Waals surface area contributed by atoms with Gasteiger partial charge in [0.2, 0.25) is 0 Å². The van der Waals surface area contributed by atoms with Gasteiger partial charge in [0.15, 0.2) is 0 Å². The van der Waals surface area contributed by atoms with Crippen molar-refractivity contribution in [2.45, 2.75) is 12.8 Å². The molecule has 0 aromatic carbocycles. The number of nitrogens with zero attached hydrogens (tertiary/aromatic N) is 1. The number of ether oxygens (including phenoxy) is 1. The first kappa shape index (κ1) is 12.4. The molecule has 0 unspecified atom stereocenters. The fraction of sp³-hybridized carbons (Fsp3) is 0.583. The van der Waals surface area contributed by atoms with Crippen LogP contribution in [0.1, 0.15) is 21.7 Å². The van der Waals surface area contributed by atoms with Crippen molar-refractivity contribution < 1.29 is 9.53 Å². The molecule has 1 N–H and O–H groups in total. The van der Waals surface area contributed by atoms with E-state index < -0.39 is 0 Å². The van der Waals surface area contributed by atoms with Crippen molar-refractivity contribution in [1.82, 2.24) is 5.32 Å². The van der Waals surface area contributed by atoms with Crippen molar-refractivity contribution in [3.8, 4) is 0 Å². The average molecular weight is 254 g/mol. The lowest BCUT2D eigenvalue weighted by Crippen LogP contribution is -2.26. The van der Waals surface area contributed by atoms with Crippen LogP contribution < -0.4 is 10.2 Å².